The largest absolute Gasteiger partial charge is 0.497 e. The molecule has 0 radical (unpaired) electrons. The number of rotatable bonds is 3. The standard InChI is InChI=1S/C20H20BrN3O/c1-25-17-9-4-6-14(12-17)19-18-10-2-3-11-22-20(18)24(23-19)16-8-5-7-15(21)13-16/h4-9,12-13,22H,2-3,10-11H2,1H3. The zero-order valence-electron chi connectivity index (χ0n) is 14.1. The first kappa shape index (κ1) is 16.2. The molecule has 2 heterocycles. The minimum absolute atomic E-state index is 0.852. The lowest BCUT2D eigenvalue weighted by Crippen LogP contribution is -2.07. The van der Waals surface area contributed by atoms with E-state index in [0.29, 0.717) is 0 Å². The lowest BCUT2D eigenvalue weighted by atomic mass is 10.0. The highest BCUT2D eigenvalue weighted by Crippen LogP contribution is 2.35. The van der Waals surface area contributed by atoms with Crippen LogP contribution in [0.4, 0.5) is 5.82 Å². The number of methoxy groups -OCH3 is 1. The molecule has 0 amide bonds. The zero-order valence-corrected chi connectivity index (χ0v) is 15.7. The molecule has 0 aliphatic carbocycles. The molecule has 4 nitrogen and oxygen atoms in total. The summed E-state index contributed by atoms with van der Waals surface area (Å²) in [5.74, 6) is 1.96. The summed E-state index contributed by atoms with van der Waals surface area (Å²) in [6.07, 6.45) is 3.37. The zero-order chi connectivity index (χ0) is 17.2. The molecule has 0 saturated heterocycles. The molecule has 128 valence electrons. The van der Waals surface area contributed by atoms with Gasteiger partial charge in [0.15, 0.2) is 0 Å². The number of hydrogen-bond donors (Lipinski definition) is 1. The van der Waals surface area contributed by atoms with Crippen molar-refractivity contribution in [3.05, 3.63) is 58.6 Å². The van der Waals surface area contributed by atoms with Gasteiger partial charge in [-0.2, -0.15) is 5.10 Å². The summed E-state index contributed by atoms with van der Waals surface area (Å²) >= 11 is 3.56. The maximum absolute atomic E-state index is 5.40. The Kier molecular flexibility index (Phi) is 4.49. The second-order valence-electron chi connectivity index (χ2n) is 6.18. The molecule has 1 aliphatic rings. The average Bonchev–Trinajstić information content (AvgIpc) is 2.83. The molecular weight excluding hydrogens is 378 g/mol. The van der Waals surface area contributed by atoms with E-state index in [1.165, 1.54) is 18.4 Å². The van der Waals surface area contributed by atoms with E-state index in [1.807, 2.05) is 28.9 Å². The van der Waals surface area contributed by atoms with Gasteiger partial charge in [-0.1, -0.05) is 34.1 Å². The van der Waals surface area contributed by atoms with Crippen LogP contribution in [0.1, 0.15) is 18.4 Å². The van der Waals surface area contributed by atoms with Gasteiger partial charge in [-0.3, -0.25) is 0 Å². The van der Waals surface area contributed by atoms with Crippen molar-refractivity contribution >= 4 is 21.7 Å². The Hall–Kier alpha value is -2.27. The number of fused-ring (bicyclic) bond motifs is 1. The fraction of sp³-hybridized carbons (Fsp3) is 0.250. The Balaban J connectivity index is 1.90. The van der Waals surface area contributed by atoms with Crippen molar-refractivity contribution < 1.29 is 4.74 Å². The molecule has 0 fully saturated rings. The number of benzene rings is 2. The summed E-state index contributed by atoms with van der Waals surface area (Å²) in [6, 6.07) is 16.4. The summed E-state index contributed by atoms with van der Waals surface area (Å²) < 4.78 is 8.47. The van der Waals surface area contributed by atoms with Crippen LogP contribution < -0.4 is 10.1 Å². The van der Waals surface area contributed by atoms with Crippen LogP contribution in [0, 0.1) is 0 Å². The van der Waals surface area contributed by atoms with Crippen LogP contribution in [0.2, 0.25) is 0 Å². The van der Waals surface area contributed by atoms with Crippen LogP contribution in [-0.4, -0.2) is 23.4 Å². The van der Waals surface area contributed by atoms with Gasteiger partial charge in [0.25, 0.3) is 0 Å². The first-order chi connectivity index (χ1) is 12.3. The van der Waals surface area contributed by atoms with Crippen molar-refractivity contribution in [1.82, 2.24) is 9.78 Å². The van der Waals surface area contributed by atoms with Gasteiger partial charge in [0.05, 0.1) is 18.5 Å². The molecule has 0 spiro atoms. The van der Waals surface area contributed by atoms with E-state index >= 15 is 0 Å². The van der Waals surface area contributed by atoms with E-state index in [-0.39, 0.29) is 0 Å². The van der Waals surface area contributed by atoms with Gasteiger partial charge in [-0.15, -0.1) is 0 Å². The predicted octanol–water partition coefficient (Wildman–Crippen LogP) is 5.06. The fourth-order valence-electron chi connectivity index (χ4n) is 3.30. The van der Waals surface area contributed by atoms with Crippen molar-refractivity contribution in [2.75, 3.05) is 19.0 Å². The van der Waals surface area contributed by atoms with Crippen LogP contribution in [0.3, 0.4) is 0 Å². The third kappa shape index (κ3) is 3.16. The summed E-state index contributed by atoms with van der Waals surface area (Å²) in [5, 5.41) is 8.55. The number of hydrogen-bond acceptors (Lipinski definition) is 3. The predicted molar refractivity (Wildman–Crippen MR) is 105 cm³/mol. The van der Waals surface area contributed by atoms with Gasteiger partial charge >= 0.3 is 0 Å². The van der Waals surface area contributed by atoms with Crippen molar-refractivity contribution in [3.63, 3.8) is 0 Å². The summed E-state index contributed by atoms with van der Waals surface area (Å²) in [4.78, 5) is 0. The van der Waals surface area contributed by atoms with Crippen LogP contribution in [0.15, 0.2) is 53.0 Å². The second kappa shape index (κ2) is 6.92. The molecule has 0 saturated carbocycles. The van der Waals surface area contributed by atoms with Gasteiger partial charge in [-0.25, -0.2) is 4.68 Å². The molecule has 5 heteroatoms. The van der Waals surface area contributed by atoms with Crippen LogP contribution >= 0.6 is 15.9 Å². The molecule has 1 N–H and O–H groups in total. The summed E-state index contributed by atoms with van der Waals surface area (Å²) in [5.41, 5.74) is 4.45. The maximum atomic E-state index is 5.40. The molecule has 1 aromatic heterocycles. The second-order valence-corrected chi connectivity index (χ2v) is 7.10. The number of ether oxygens (including phenoxy) is 1. The van der Waals surface area contributed by atoms with E-state index in [1.54, 1.807) is 7.11 Å². The number of aromatic nitrogens is 2. The van der Waals surface area contributed by atoms with E-state index in [4.69, 9.17) is 9.84 Å². The monoisotopic (exact) mass is 397 g/mol. The van der Waals surface area contributed by atoms with Crippen molar-refractivity contribution in [2.45, 2.75) is 19.3 Å². The van der Waals surface area contributed by atoms with Crippen molar-refractivity contribution in [1.29, 1.82) is 0 Å². The Labute approximate surface area is 156 Å². The molecule has 1 aliphatic heterocycles. The number of anilines is 1. The quantitative estimate of drug-likeness (QED) is 0.671. The van der Waals surface area contributed by atoms with Crippen LogP contribution in [0.5, 0.6) is 5.75 Å². The topological polar surface area (TPSA) is 39.1 Å². The lowest BCUT2D eigenvalue weighted by Gasteiger charge is -2.09. The third-order valence-corrected chi connectivity index (χ3v) is 5.02. The van der Waals surface area contributed by atoms with Crippen molar-refractivity contribution in [2.24, 2.45) is 0 Å². The Morgan fingerprint density at radius 2 is 2.00 bits per heavy atom. The minimum Gasteiger partial charge on any atom is -0.497 e. The Morgan fingerprint density at radius 3 is 2.84 bits per heavy atom. The van der Waals surface area contributed by atoms with Gasteiger partial charge in [0, 0.05) is 22.1 Å². The van der Waals surface area contributed by atoms with Gasteiger partial charge in [0.1, 0.15) is 11.6 Å². The lowest BCUT2D eigenvalue weighted by molar-refractivity contribution is 0.415. The highest BCUT2D eigenvalue weighted by atomic mass is 79.9. The Bertz CT molecular complexity index is 904. The fourth-order valence-corrected chi connectivity index (χ4v) is 3.69. The molecule has 0 atom stereocenters. The molecule has 0 bridgehead atoms. The van der Waals surface area contributed by atoms with Crippen LogP contribution in [-0.2, 0) is 6.42 Å². The third-order valence-electron chi connectivity index (χ3n) is 4.53. The van der Waals surface area contributed by atoms with E-state index < -0.39 is 0 Å². The van der Waals surface area contributed by atoms with Crippen molar-refractivity contribution in [3.8, 4) is 22.7 Å². The SMILES string of the molecule is COc1cccc(-c2nn(-c3cccc(Br)c3)c3c2CCCCN3)c1. The first-order valence-corrected chi connectivity index (χ1v) is 9.32. The Morgan fingerprint density at radius 1 is 1.12 bits per heavy atom. The van der Waals surface area contributed by atoms with Crippen LogP contribution in [0.25, 0.3) is 16.9 Å². The van der Waals surface area contributed by atoms with E-state index in [9.17, 15) is 0 Å². The van der Waals surface area contributed by atoms with E-state index in [2.05, 4.69) is 45.5 Å². The molecule has 0 unspecified atom stereocenters. The molecular formula is C20H20BrN3O. The number of nitrogens with zero attached hydrogens (tertiary/aromatic N) is 2. The first-order valence-electron chi connectivity index (χ1n) is 8.52. The van der Waals surface area contributed by atoms with E-state index in [0.717, 1.165) is 46.0 Å². The molecule has 25 heavy (non-hydrogen) atoms. The van der Waals surface area contributed by atoms with Gasteiger partial charge in [0.2, 0.25) is 0 Å². The summed E-state index contributed by atoms with van der Waals surface area (Å²) in [6.45, 7) is 0.976. The average molecular weight is 398 g/mol. The summed E-state index contributed by atoms with van der Waals surface area (Å²) in [7, 11) is 1.70. The molecule has 2 aromatic carbocycles. The molecule has 3 aromatic rings. The highest BCUT2D eigenvalue weighted by Gasteiger charge is 2.22. The maximum Gasteiger partial charge on any atom is 0.133 e. The van der Waals surface area contributed by atoms with Gasteiger partial charge in [-0.05, 0) is 49.6 Å². The smallest absolute Gasteiger partial charge is 0.133 e. The molecule has 4 rings (SSSR count). The number of halogens is 1. The van der Waals surface area contributed by atoms with Gasteiger partial charge < -0.3 is 10.1 Å². The minimum atomic E-state index is 0.852. The highest BCUT2D eigenvalue weighted by molar-refractivity contribution is 9.10. The number of nitrogens with one attached hydrogen (secondary N) is 1. The normalized spacial score (nSPS) is 13.7.